The van der Waals surface area contributed by atoms with Gasteiger partial charge in [-0.1, -0.05) is 42.5 Å². The van der Waals surface area contributed by atoms with E-state index < -0.39 is 9.84 Å². The van der Waals surface area contributed by atoms with Crippen molar-refractivity contribution in [2.45, 2.75) is 4.90 Å². The summed E-state index contributed by atoms with van der Waals surface area (Å²) in [5, 5.41) is 2.79. The van der Waals surface area contributed by atoms with Gasteiger partial charge >= 0.3 is 0 Å². The highest BCUT2D eigenvalue weighted by molar-refractivity contribution is 7.90. The van der Waals surface area contributed by atoms with Crippen LogP contribution in [0.4, 0.5) is 11.4 Å². The van der Waals surface area contributed by atoms with E-state index in [1.54, 1.807) is 72.8 Å². The normalized spacial score (nSPS) is 11.1. The lowest BCUT2D eigenvalue weighted by molar-refractivity contribution is 0.102. The monoisotopic (exact) mass is 366 g/mol. The number of nitrogen functional groups attached to an aromatic ring is 1. The van der Waals surface area contributed by atoms with Gasteiger partial charge < -0.3 is 11.1 Å². The van der Waals surface area contributed by atoms with Crippen molar-refractivity contribution in [1.29, 1.82) is 0 Å². The van der Waals surface area contributed by atoms with Crippen LogP contribution in [0.5, 0.6) is 0 Å². The number of hydrogen-bond acceptors (Lipinski definition) is 4. The molecule has 0 heterocycles. The summed E-state index contributed by atoms with van der Waals surface area (Å²) >= 11 is 0. The molecule has 3 rings (SSSR count). The Labute approximate surface area is 152 Å². The summed E-state index contributed by atoms with van der Waals surface area (Å²) in [5.41, 5.74) is 8.60. The fourth-order valence-corrected chi connectivity index (χ4v) is 3.57. The maximum atomic E-state index is 12.3. The molecular weight excluding hydrogens is 348 g/mol. The van der Waals surface area contributed by atoms with Gasteiger partial charge in [-0.15, -0.1) is 0 Å². The van der Waals surface area contributed by atoms with E-state index in [2.05, 4.69) is 5.32 Å². The summed E-state index contributed by atoms with van der Waals surface area (Å²) in [4.78, 5) is 12.6. The molecule has 0 spiro atoms. The summed E-state index contributed by atoms with van der Waals surface area (Å²) in [6.45, 7) is 0. The summed E-state index contributed by atoms with van der Waals surface area (Å²) in [7, 11) is -3.34. The number of rotatable bonds is 4. The Kier molecular flexibility index (Phi) is 4.77. The summed E-state index contributed by atoms with van der Waals surface area (Å²) < 4.78 is 23.9. The zero-order chi connectivity index (χ0) is 18.7. The highest BCUT2D eigenvalue weighted by atomic mass is 32.2. The number of anilines is 2. The molecule has 0 fully saturated rings. The van der Waals surface area contributed by atoms with Gasteiger partial charge in [-0.2, -0.15) is 0 Å². The van der Waals surface area contributed by atoms with E-state index in [0.717, 1.165) is 5.56 Å². The molecule has 0 aliphatic carbocycles. The zero-order valence-electron chi connectivity index (χ0n) is 14.1. The number of benzene rings is 3. The van der Waals surface area contributed by atoms with Gasteiger partial charge in [0.2, 0.25) is 0 Å². The van der Waals surface area contributed by atoms with Gasteiger partial charge in [0.15, 0.2) is 9.84 Å². The summed E-state index contributed by atoms with van der Waals surface area (Å²) in [6.07, 6.45) is 1.19. The topological polar surface area (TPSA) is 89.3 Å². The molecule has 0 aliphatic heterocycles. The highest BCUT2D eigenvalue weighted by Gasteiger charge is 2.14. The Bertz CT molecular complexity index is 1060. The molecule has 3 N–H and O–H groups in total. The standard InChI is InChI=1S/C20H18N2O3S/c1-26(24,25)19-9-5-3-6-16(19)14-10-12-15(13-11-14)22-20(23)17-7-2-4-8-18(17)21/h2-13H,21H2,1H3,(H,22,23). The van der Waals surface area contributed by atoms with Crippen LogP contribution in [0, 0.1) is 0 Å². The third-order valence-electron chi connectivity index (χ3n) is 3.95. The Balaban J connectivity index is 1.87. The first-order chi connectivity index (χ1) is 12.4. The Morgan fingerprint density at radius 1 is 0.885 bits per heavy atom. The highest BCUT2D eigenvalue weighted by Crippen LogP contribution is 2.28. The van der Waals surface area contributed by atoms with Gasteiger partial charge in [-0.3, -0.25) is 4.79 Å². The number of carbonyl (C=O) groups excluding carboxylic acids is 1. The predicted molar refractivity (Wildman–Crippen MR) is 104 cm³/mol. The van der Waals surface area contributed by atoms with E-state index in [1.165, 1.54) is 6.26 Å². The molecule has 132 valence electrons. The molecule has 3 aromatic rings. The molecule has 0 unspecified atom stereocenters. The molecule has 3 aromatic carbocycles. The molecule has 0 aromatic heterocycles. The van der Waals surface area contributed by atoms with Crippen molar-refractivity contribution in [3.63, 3.8) is 0 Å². The minimum Gasteiger partial charge on any atom is -0.398 e. The van der Waals surface area contributed by atoms with Crippen molar-refractivity contribution in [3.05, 3.63) is 78.4 Å². The average Bonchev–Trinajstić information content (AvgIpc) is 2.62. The molecule has 0 atom stereocenters. The van der Waals surface area contributed by atoms with Crippen molar-refractivity contribution >= 4 is 27.1 Å². The van der Waals surface area contributed by atoms with Crippen LogP contribution in [0.2, 0.25) is 0 Å². The van der Waals surface area contributed by atoms with Crippen molar-refractivity contribution < 1.29 is 13.2 Å². The molecule has 0 saturated carbocycles. The van der Waals surface area contributed by atoms with E-state index in [9.17, 15) is 13.2 Å². The number of carbonyl (C=O) groups is 1. The first-order valence-corrected chi connectivity index (χ1v) is 9.81. The maximum Gasteiger partial charge on any atom is 0.257 e. The van der Waals surface area contributed by atoms with Gasteiger partial charge in [-0.05, 0) is 35.9 Å². The van der Waals surface area contributed by atoms with Crippen LogP contribution < -0.4 is 11.1 Å². The van der Waals surface area contributed by atoms with E-state index in [-0.39, 0.29) is 10.8 Å². The molecule has 0 radical (unpaired) electrons. The Morgan fingerprint density at radius 2 is 1.50 bits per heavy atom. The van der Waals surface area contributed by atoms with Crippen molar-refractivity contribution in [2.24, 2.45) is 0 Å². The van der Waals surface area contributed by atoms with Gasteiger partial charge in [0, 0.05) is 23.2 Å². The third kappa shape index (κ3) is 3.75. The first kappa shape index (κ1) is 17.7. The molecule has 0 saturated heterocycles. The number of nitrogens with one attached hydrogen (secondary N) is 1. The summed E-state index contributed by atoms with van der Waals surface area (Å²) in [5.74, 6) is -0.299. The SMILES string of the molecule is CS(=O)(=O)c1ccccc1-c1ccc(NC(=O)c2ccccc2N)cc1. The number of hydrogen-bond donors (Lipinski definition) is 2. The first-order valence-electron chi connectivity index (χ1n) is 7.91. The molecule has 5 nitrogen and oxygen atoms in total. The predicted octanol–water partition coefficient (Wildman–Crippen LogP) is 3.59. The second-order valence-electron chi connectivity index (χ2n) is 5.89. The van der Waals surface area contributed by atoms with Crippen LogP contribution in [-0.2, 0) is 9.84 Å². The van der Waals surface area contributed by atoms with Gasteiger partial charge in [0.1, 0.15) is 0 Å². The maximum absolute atomic E-state index is 12.3. The largest absolute Gasteiger partial charge is 0.398 e. The van der Waals surface area contributed by atoms with Crippen molar-refractivity contribution in [2.75, 3.05) is 17.3 Å². The Hall–Kier alpha value is -3.12. The number of nitrogens with two attached hydrogens (primary N) is 1. The van der Waals surface area contributed by atoms with Crippen molar-refractivity contribution in [1.82, 2.24) is 0 Å². The molecule has 26 heavy (non-hydrogen) atoms. The van der Waals surface area contributed by atoms with Crippen LogP contribution in [0.3, 0.4) is 0 Å². The van der Waals surface area contributed by atoms with Crippen LogP contribution >= 0.6 is 0 Å². The van der Waals surface area contributed by atoms with Crippen LogP contribution in [0.25, 0.3) is 11.1 Å². The lowest BCUT2D eigenvalue weighted by atomic mass is 10.1. The molecular formula is C20H18N2O3S. The number of amides is 1. The molecule has 6 heteroatoms. The Morgan fingerprint density at radius 3 is 2.15 bits per heavy atom. The lowest BCUT2D eigenvalue weighted by Gasteiger charge is -2.10. The quantitative estimate of drug-likeness (QED) is 0.691. The van der Waals surface area contributed by atoms with E-state index in [1.807, 2.05) is 0 Å². The van der Waals surface area contributed by atoms with Crippen molar-refractivity contribution in [3.8, 4) is 11.1 Å². The molecule has 0 aliphatic rings. The zero-order valence-corrected chi connectivity index (χ0v) is 15.0. The van der Waals surface area contributed by atoms with Crippen LogP contribution in [0.1, 0.15) is 10.4 Å². The van der Waals surface area contributed by atoms with Crippen LogP contribution in [0.15, 0.2) is 77.7 Å². The fraction of sp³-hybridized carbons (Fsp3) is 0.0500. The number of sulfone groups is 1. The minimum absolute atomic E-state index is 0.272. The average molecular weight is 366 g/mol. The molecule has 0 bridgehead atoms. The number of para-hydroxylation sites is 1. The fourth-order valence-electron chi connectivity index (χ4n) is 2.66. The van der Waals surface area contributed by atoms with E-state index in [4.69, 9.17) is 5.73 Å². The van der Waals surface area contributed by atoms with Gasteiger partial charge in [0.25, 0.3) is 5.91 Å². The smallest absolute Gasteiger partial charge is 0.257 e. The second-order valence-corrected chi connectivity index (χ2v) is 7.87. The van der Waals surface area contributed by atoms with Gasteiger partial charge in [-0.25, -0.2) is 8.42 Å². The minimum atomic E-state index is -3.34. The molecule has 1 amide bonds. The second kappa shape index (κ2) is 7.01. The van der Waals surface area contributed by atoms with Gasteiger partial charge in [0.05, 0.1) is 10.5 Å². The summed E-state index contributed by atoms with van der Waals surface area (Å²) in [6, 6.07) is 20.7. The van der Waals surface area contributed by atoms with E-state index in [0.29, 0.717) is 22.5 Å². The lowest BCUT2D eigenvalue weighted by Crippen LogP contribution is -2.13. The third-order valence-corrected chi connectivity index (χ3v) is 5.10. The van der Waals surface area contributed by atoms with E-state index >= 15 is 0 Å². The van der Waals surface area contributed by atoms with Crippen LogP contribution in [-0.4, -0.2) is 20.6 Å².